The molecule has 3 heterocycles. The quantitative estimate of drug-likeness (QED) is 0.473. The number of piperidine rings is 1. The summed E-state index contributed by atoms with van der Waals surface area (Å²) >= 11 is 0. The molecule has 0 bridgehead atoms. The molecule has 2 aliphatic heterocycles. The van der Waals surface area contributed by atoms with Crippen LogP contribution in [0.4, 0.5) is 38.0 Å². The number of hydrogen-bond acceptors (Lipinski definition) is 6. The molecule has 1 atom stereocenters. The molecule has 1 aromatic heterocycles. The number of carbonyl (C=O) groups is 1. The molecule has 4 rings (SSSR count). The fraction of sp³-hybridized carbons (Fsp3) is 0.577. The predicted molar refractivity (Wildman–Crippen MR) is 132 cm³/mol. The number of ether oxygens (including phenoxy) is 1. The number of aromatic nitrogens is 2. The monoisotopic (exact) mass is 559 g/mol. The summed E-state index contributed by atoms with van der Waals surface area (Å²) in [5.74, 6) is -1.05. The minimum Gasteiger partial charge on any atom is -0.384 e. The van der Waals surface area contributed by atoms with E-state index < -0.39 is 29.8 Å². The molecule has 2 aromatic rings. The molecule has 2 fully saturated rings. The normalized spacial score (nSPS) is 19.0. The van der Waals surface area contributed by atoms with Gasteiger partial charge in [0, 0.05) is 46.0 Å². The van der Waals surface area contributed by atoms with Crippen molar-refractivity contribution in [1.82, 2.24) is 15.3 Å². The van der Waals surface area contributed by atoms with Gasteiger partial charge in [0.25, 0.3) is 0 Å². The smallest absolute Gasteiger partial charge is 0.384 e. The predicted octanol–water partition coefficient (Wildman–Crippen LogP) is 4.70. The average Bonchev–Trinajstić information content (AvgIpc) is 3.39. The lowest BCUT2D eigenvalue weighted by molar-refractivity contribution is -0.144. The molecule has 2 aliphatic rings. The molecule has 0 spiro atoms. The van der Waals surface area contributed by atoms with Gasteiger partial charge in [-0.25, -0.2) is 9.97 Å². The van der Waals surface area contributed by atoms with E-state index in [2.05, 4.69) is 15.3 Å². The van der Waals surface area contributed by atoms with E-state index in [9.17, 15) is 31.1 Å². The average molecular weight is 560 g/mol. The van der Waals surface area contributed by atoms with Crippen LogP contribution in [-0.2, 0) is 28.3 Å². The highest BCUT2D eigenvalue weighted by Gasteiger charge is 2.39. The van der Waals surface area contributed by atoms with Crippen molar-refractivity contribution in [3.8, 4) is 0 Å². The molecule has 0 unspecified atom stereocenters. The van der Waals surface area contributed by atoms with Crippen LogP contribution in [-0.4, -0.2) is 61.8 Å². The van der Waals surface area contributed by atoms with Crippen LogP contribution < -0.4 is 15.1 Å². The Morgan fingerprint density at radius 3 is 2.26 bits per heavy atom. The summed E-state index contributed by atoms with van der Waals surface area (Å²) in [6.45, 7) is 2.21. The molecule has 0 radical (unpaired) electrons. The molecular formula is C26H31F6N5O2. The fourth-order valence-corrected chi connectivity index (χ4v) is 5.04. The van der Waals surface area contributed by atoms with Crippen LogP contribution in [0, 0.1) is 5.92 Å². The topological polar surface area (TPSA) is 70.6 Å². The molecule has 7 nitrogen and oxygen atoms in total. The number of amides is 1. The van der Waals surface area contributed by atoms with E-state index in [0.717, 1.165) is 25.0 Å². The maximum absolute atomic E-state index is 13.7. The second-order valence-corrected chi connectivity index (χ2v) is 9.88. The first-order valence-corrected chi connectivity index (χ1v) is 12.9. The van der Waals surface area contributed by atoms with E-state index in [1.165, 1.54) is 18.2 Å². The van der Waals surface area contributed by atoms with Crippen LogP contribution in [0.5, 0.6) is 0 Å². The molecule has 13 heteroatoms. The molecule has 39 heavy (non-hydrogen) atoms. The number of benzene rings is 1. The second kappa shape index (κ2) is 12.0. The summed E-state index contributed by atoms with van der Waals surface area (Å²) in [7, 11) is 1.62. The van der Waals surface area contributed by atoms with E-state index in [0.29, 0.717) is 57.0 Å². The highest BCUT2D eigenvalue weighted by Crippen LogP contribution is 2.34. The maximum Gasteiger partial charge on any atom is 0.451 e. The lowest BCUT2D eigenvalue weighted by Crippen LogP contribution is -2.44. The van der Waals surface area contributed by atoms with Crippen LogP contribution in [0.1, 0.15) is 42.6 Å². The number of nitrogens with one attached hydrogen (secondary N) is 1. The summed E-state index contributed by atoms with van der Waals surface area (Å²) in [6, 6.07) is 5.49. The highest BCUT2D eigenvalue weighted by molar-refractivity contribution is 5.85. The van der Waals surface area contributed by atoms with Gasteiger partial charge in [0.1, 0.15) is 17.7 Å². The Labute approximate surface area is 222 Å². The van der Waals surface area contributed by atoms with E-state index in [1.54, 1.807) is 12.0 Å². The number of halogens is 6. The Morgan fingerprint density at radius 2 is 1.64 bits per heavy atom. The third-order valence-electron chi connectivity index (χ3n) is 7.14. The van der Waals surface area contributed by atoms with Crippen molar-refractivity contribution in [2.45, 2.75) is 50.5 Å². The van der Waals surface area contributed by atoms with Crippen molar-refractivity contribution >= 4 is 17.5 Å². The van der Waals surface area contributed by atoms with Gasteiger partial charge in [-0.05, 0) is 55.7 Å². The third kappa shape index (κ3) is 7.31. The Hall–Kier alpha value is -3.09. The van der Waals surface area contributed by atoms with E-state index in [4.69, 9.17) is 4.74 Å². The van der Waals surface area contributed by atoms with Crippen molar-refractivity contribution in [2.24, 2.45) is 5.92 Å². The van der Waals surface area contributed by atoms with Gasteiger partial charge in [-0.1, -0.05) is 12.1 Å². The van der Waals surface area contributed by atoms with Gasteiger partial charge in [0.15, 0.2) is 0 Å². The molecule has 0 aliphatic carbocycles. The minimum absolute atomic E-state index is 0.0479. The number of alkyl halides is 6. The summed E-state index contributed by atoms with van der Waals surface area (Å²) in [6.07, 6.45) is -6.30. The van der Waals surface area contributed by atoms with Gasteiger partial charge < -0.3 is 19.9 Å². The van der Waals surface area contributed by atoms with E-state index in [1.807, 2.05) is 4.90 Å². The van der Waals surface area contributed by atoms with Crippen molar-refractivity contribution < 1.29 is 35.9 Å². The maximum atomic E-state index is 13.7. The van der Waals surface area contributed by atoms with Crippen molar-refractivity contribution in [3.05, 3.63) is 47.3 Å². The lowest BCUT2D eigenvalue weighted by Gasteiger charge is -2.33. The van der Waals surface area contributed by atoms with Gasteiger partial charge in [0.05, 0.1) is 5.56 Å². The Bertz CT molecular complexity index is 1120. The van der Waals surface area contributed by atoms with Gasteiger partial charge in [-0.3, -0.25) is 4.79 Å². The molecule has 1 N–H and O–H groups in total. The van der Waals surface area contributed by atoms with Crippen molar-refractivity contribution in [2.75, 3.05) is 49.7 Å². The van der Waals surface area contributed by atoms with Gasteiger partial charge in [-0.2, -0.15) is 26.3 Å². The molecule has 1 aromatic carbocycles. The minimum atomic E-state index is -4.75. The van der Waals surface area contributed by atoms with Crippen LogP contribution in [0.3, 0.4) is 0 Å². The summed E-state index contributed by atoms with van der Waals surface area (Å²) < 4.78 is 84.6. The molecular weight excluding hydrogens is 528 g/mol. The number of anilines is 2. The van der Waals surface area contributed by atoms with E-state index in [-0.39, 0.29) is 24.1 Å². The SMILES string of the molecule is COCC1CCN(c2cc(N3CCC[C@H]3C(=O)NCCc3ccc(C(F)(F)F)cc3)nc(C(F)(F)F)n2)CC1. The van der Waals surface area contributed by atoms with E-state index >= 15 is 0 Å². The fourth-order valence-electron chi connectivity index (χ4n) is 5.04. The van der Waals surface area contributed by atoms with Crippen LogP contribution in [0.25, 0.3) is 0 Å². The zero-order valence-electron chi connectivity index (χ0n) is 21.5. The first-order chi connectivity index (χ1) is 18.5. The zero-order chi connectivity index (χ0) is 28.2. The van der Waals surface area contributed by atoms with Gasteiger partial charge in [0.2, 0.25) is 11.7 Å². The number of hydrogen-bond donors (Lipinski definition) is 1. The molecule has 0 saturated carbocycles. The van der Waals surface area contributed by atoms with Crippen LogP contribution in [0.2, 0.25) is 0 Å². The summed E-state index contributed by atoms with van der Waals surface area (Å²) in [5.41, 5.74) is -0.130. The second-order valence-electron chi connectivity index (χ2n) is 9.88. The first-order valence-electron chi connectivity index (χ1n) is 12.9. The number of rotatable bonds is 8. The Kier molecular flexibility index (Phi) is 8.87. The molecule has 2 saturated heterocycles. The van der Waals surface area contributed by atoms with Crippen molar-refractivity contribution in [3.63, 3.8) is 0 Å². The summed E-state index contributed by atoms with van der Waals surface area (Å²) in [4.78, 5) is 24.0. The standard InChI is InChI=1S/C26H31F6N5O2/c1-39-16-18-9-13-36(14-10-18)21-15-22(35-24(34-21)26(30,31)32)37-12-2-3-20(37)23(38)33-11-8-17-4-6-19(7-5-17)25(27,28)29/h4-7,15,18,20H,2-3,8-14,16H2,1H3,(H,33,38)/t20-/m0/s1. The largest absolute Gasteiger partial charge is 0.451 e. The third-order valence-corrected chi connectivity index (χ3v) is 7.14. The number of methoxy groups -OCH3 is 1. The van der Waals surface area contributed by atoms with Crippen molar-refractivity contribution in [1.29, 1.82) is 0 Å². The summed E-state index contributed by atoms with van der Waals surface area (Å²) in [5, 5.41) is 2.77. The van der Waals surface area contributed by atoms with Gasteiger partial charge >= 0.3 is 12.4 Å². The number of nitrogens with zero attached hydrogens (tertiary/aromatic N) is 4. The number of carbonyl (C=O) groups excluding carboxylic acids is 1. The molecule has 214 valence electrons. The first kappa shape index (κ1) is 28.9. The lowest BCUT2D eigenvalue weighted by atomic mass is 9.98. The Balaban J connectivity index is 1.44. The highest BCUT2D eigenvalue weighted by atomic mass is 19.4. The molecule has 1 amide bonds. The zero-order valence-corrected chi connectivity index (χ0v) is 21.5. The Morgan fingerprint density at radius 1 is 0.974 bits per heavy atom. The van der Waals surface area contributed by atoms with Crippen LogP contribution in [0.15, 0.2) is 30.3 Å². The van der Waals surface area contributed by atoms with Gasteiger partial charge in [-0.15, -0.1) is 0 Å². The van der Waals surface area contributed by atoms with Crippen LogP contribution >= 0.6 is 0 Å².